The first-order valence-corrected chi connectivity index (χ1v) is 10.9. The Balaban J connectivity index is 1.93. The lowest BCUT2D eigenvalue weighted by molar-refractivity contribution is -0.385. The first-order chi connectivity index (χ1) is 14.3. The van der Waals surface area contributed by atoms with Gasteiger partial charge < -0.3 is 4.74 Å². The molecule has 0 saturated heterocycles. The summed E-state index contributed by atoms with van der Waals surface area (Å²) in [6.45, 7) is 1.93. The van der Waals surface area contributed by atoms with E-state index in [2.05, 4.69) is 15.2 Å². The number of benzene rings is 2. The number of nitro benzene ring substituents is 1. The first-order valence-electron chi connectivity index (χ1n) is 8.58. The molecule has 0 saturated carbocycles. The molecule has 0 radical (unpaired) electrons. The number of anilines is 2. The zero-order valence-corrected chi connectivity index (χ0v) is 17.7. The first kappa shape index (κ1) is 21.3. The van der Waals surface area contributed by atoms with Crippen molar-refractivity contribution in [1.82, 2.24) is 0 Å². The lowest BCUT2D eigenvalue weighted by atomic mass is 10.3. The molecular formula is C19H18N4O5S2. The van der Waals surface area contributed by atoms with Crippen LogP contribution in [0.5, 0.6) is 5.75 Å². The number of hydrogen-bond acceptors (Lipinski definition) is 8. The average Bonchev–Trinajstić information content (AvgIpc) is 3.13. The number of hydrazone groups is 1. The molecule has 30 heavy (non-hydrogen) atoms. The van der Waals surface area contributed by atoms with Crippen molar-refractivity contribution in [1.29, 1.82) is 0 Å². The van der Waals surface area contributed by atoms with Crippen LogP contribution < -0.4 is 14.9 Å². The van der Waals surface area contributed by atoms with Crippen molar-refractivity contribution in [3.8, 4) is 5.75 Å². The molecule has 2 aromatic carbocycles. The van der Waals surface area contributed by atoms with Gasteiger partial charge in [-0.3, -0.25) is 20.3 Å². The summed E-state index contributed by atoms with van der Waals surface area (Å²) in [5.41, 5.74) is 3.73. The summed E-state index contributed by atoms with van der Waals surface area (Å²) in [4.78, 5) is 11.1. The molecule has 2 N–H and O–H groups in total. The zero-order chi connectivity index (χ0) is 21.7. The maximum Gasteiger partial charge on any atom is 0.270 e. The van der Waals surface area contributed by atoms with Gasteiger partial charge in [0.1, 0.15) is 10.6 Å². The zero-order valence-electron chi connectivity index (χ0n) is 16.0. The summed E-state index contributed by atoms with van der Waals surface area (Å²) >= 11 is 1.49. The number of non-ortho nitro benzene ring substituents is 1. The lowest BCUT2D eigenvalue weighted by Crippen LogP contribution is -2.15. The van der Waals surface area contributed by atoms with Crippen LogP contribution in [0.25, 0.3) is 0 Å². The van der Waals surface area contributed by atoms with Crippen LogP contribution in [-0.4, -0.2) is 26.7 Å². The Hall–Kier alpha value is -3.44. The number of nitro groups is 1. The van der Waals surface area contributed by atoms with E-state index in [0.717, 1.165) is 16.5 Å². The van der Waals surface area contributed by atoms with Crippen molar-refractivity contribution < 1.29 is 18.1 Å². The maximum atomic E-state index is 12.9. The second-order valence-electron chi connectivity index (χ2n) is 6.11. The molecule has 0 spiro atoms. The monoisotopic (exact) mass is 446 g/mol. The summed E-state index contributed by atoms with van der Waals surface area (Å²) in [7, 11) is -2.64. The topological polar surface area (TPSA) is 123 Å². The van der Waals surface area contributed by atoms with E-state index in [-0.39, 0.29) is 22.0 Å². The fraction of sp³-hybridized carbons (Fsp3) is 0.105. The summed E-state index contributed by atoms with van der Waals surface area (Å²) in [6.07, 6.45) is 1.56. The van der Waals surface area contributed by atoms with Crippen LogP contribution in [0, 0.1) is 17.0 Å². The van der Waals surface area contributed by atoms with E-state index >= 15 is 0 Å². The van der Waals surface area contributed by atoms with Crippen LogP contribution in [0.15, 0.2) is 63.9 Å². The SMILES string of the molecule is COc1ccc(NS(=O)(=O)c2cc([N+](=O)[O-])ccc2N/N=C\c2sccc2C)cc1. The molecule has 156 valence electrons. The Kier molecular flexibility index (Phi) is 6.33. The number of nitrogens with zero attached hydrogens (tertiary/aromatic N) is 2. The Labute approximate surface area is 177 Å². The molecule has 11 heteroatoms. The molecule has 1 aromatic heterocycles. The third kappa shape index (κ3) is 4.93. The van der Waals surface area contributed by atoms with Crippen LogP contribution in [0.3, 0.4) is 0 Å². The Morgan fingerprint density at radius 2 is 1.90 bits per heavy atom. The van der Waals surface area contributed by atoms with E-state index in [0.29, 0.717) is 5.75 Å². The smallest absolute Gasteiger partial charge is 0.270 e. The number of ether oxygens (including phenoxy) is 1. The van der Waals surface area contributed by atoms with Crippen LogP contribution in [0.2, 0.25) is 0 Å². The van der Waals surface area contributed by atoms with Gasteiger partial charge in [-0.05, 0) is 54.3 Å². The Morgan fingerprint density at radius 3 is 2.50 bits per heavy atom. The number of rotatable bonds is 8. The van der Waals surface area contributed by atoms with Crippen LogP contribution >= 0.6 is 11.3 Å². The second-order valence-corrected chi connectivity index (χ2v) is 8.71. The molecule has 0 atom stereocenters. The molecule has 3 aromatic rings. The summed E-state index contributed by atoms with van der Waals surface area (Å²) in [5, 5.41) is 17.1. The molecule has 1 heterocycles. The minimum absolute atomic E-state index is 0.104. The minimum atomic E-state index is -4.14. The van der Waals surface area contributed by atoms with E-state index < -0.39 is 14.9 Å². The van der Waals surface area contributed by atoms with Gasteiger partial charge in [-0.25, -0.2) is 8.42 Å². The predicted molar refractivity (Wildman–Crippen MR) is 117 cm³/mol. The van der Waals surface area contributed by atoms with E-state index in [4.69, 9.17) is 4.74 Å². The van der Waals surface area contributed by atoms with Gasteiger partial charge in [0.05, 0.1) is 23.9 Å². The highest BCUT2D eigenvalue weighted by atomic mass is 32.2. The van der Waals surface area contributed by atoms with Gasteiger partial charge in [-0.1, -0.05) is 0 Å². The Bertz CT molecular complexity index is 1190. The van der Waals surface area contributed by atoms with E-state index in [1.165, 1.54) is 42.7 Å². The van der Waals surface area contributed by atoms with Crippen molar-refractivity contribution in [2.45, 2.75) is 11.8 Å². The van der Waals surface area contributed by atoms with Gasteiger partial charge in [-0.2, -0.15) is 5.10 Å². The molecule has 0 unspecified atom stereocenters. The quantitative estimate of drug-likeness (QED) is 0.303. The number of thiophene rings is 1. The summed E-state index contributed by atoms with van der Waals surface area (Å²) in [6, 6.07) is 11.7. The number of aryl methyl sites for hydroxylation is 1. The molecule has 0 amide bonds. The van der Waals surface area contributed by atoms with Crippen LogP contribution in [0.4, 0.5) is 17.1 Å². The van der Waals surface area contributed by atoms with Gasteiger partial charge in [-0.15, -0.1) is 11.3 Å². The van der Waals surface area contributed by atoms with Crippen molar-refractivity contribution in [2.75, 3.05) is 17.3 Å². The van der Waals surface area contributed by atoms with Crippen LogP contribution in [-0.2, 0) is 10.0 Å². The van der Waals surface area contributed by atoms with Gasteiger partial charge in [0.2, 0.25) is 0 Å². The summed E-state index contributed by atoms with van der Waals surface area (Å²) in [5.74, 6) is 0.564. The van der Waals surface area contributed by atoms with Crippen molar-refractivity contribution in [3.63, 3.8) is 0 Å². The third-order valence-corrected chi connectivity index (χ3v) is 6.45. The fourth-order valence-corrected chi connectivity index (χ4v) is 4.51. The molecule has 0 fully saturated rings. The van der Waals surface area contributed by atoms with Gasteiger partial charge >= 0.3 is 0 Å². The van der Waals surface area contributed by atoms with E-state index in [1.807, 2.05) is 18.4 Å². The second kappa shape index (κ2) is 8.93. The highest BCUT2D eigenvalue weighted by molar-refractivity contribution is 7.92. The third-order valence-electron chi connectivity index (χ3n) is 4.08. The number of hydrogen-bond donors (Lipinski definition) is 2. The molecule has 9 nitrogen and oxygen atoms in total. The van der Waals surface area contributed by atoms with Gasteiger partial charge in [0, 0.05) is 22.7 Å². The average molecular weight is 447 g/mol. The highest BCUT2D eigenvalue weighted by Crippen LogP contribution is 2.29. The molecule has 0 aliphatic carbocycles. The summed E-state index contributed by atoms with van der Waals surface area (Å²) < 4.78 is 33.3. The number of sulfonamides is 1. The molecule has 3 rings (SSSR count). The predicted octanol–water partition coefficient (Wildman–Crippen LogP) is 4.22. The largest absolute Gasteiger partial charge is 0.497 e. The maximum absolute atomic E-state index is 12.9. The minimum Gasteiger partial charge on any atom is -0.497 e. The molecule has 0 bridgehead atoms. The van der Waals surface area contributed by atoms with Crippen molar-refractivity contribution in [3.05, 3.63) is 74.5 Å². The lowest BCUT2D eigenvalue weighted by Gasteiger charge is -2.12. The number of nitrogens with one attached hydrogen (secondary N) is 2. The van der Waals surface area contributed by atoms with Gasteiger partial charge in [0.25, 0.3) is 15.7 Å². The fourth-order valence-electron chi connectivity index (χ4n) is 2.49. The van der Waals surface area contributed by atoms with Crippen molar-refractivity contribution in [2.24, 2.45) is 5.10 Å². The van der Waals surface area contributed by atoms with E-state index in [9.17, 15) is 18.5 Å². The molecule has 0 aliphatic rings. The molecular weight excluding hydrogens is 428 g/mol. The number of methoxy groups -OCH3 is 1. The van der Waals surface area contributed by atoms with Gasteiger partial charge in [0.15, 0.2) is 0 Å². The van der Waals surface area contributed by atoms with Crippen molar-refractivity contribution >= 4 is 44.6 Å². The standard InChI is InChI=1S/C19H18N4O5S2/c1-13-9-10-29-18(13)12-20-21-17-8-5-15(23(24)25)11-19(17)30(26,27)22-14-3-6-16(28-2)7-4-14/h3-12,21-22H,1-2H3/b20-12-. The van der Waals surface area contributed by atoms with E-state index in [1.54, 1.807) is 18.3 Å². The Morgan fingerprint density at radius 1 is 1.17 bits per heavy atom. The van der Waals surface area contributed by atoms with Crippen LogP contribution in [0.1, 0.15) is 10.4 Å². The highest BCUT2D eigenvalue weighted by Gasteiger charge is 2.22. The normalized spacial score (nSPS) is 11.4. The molecule has 0 aliphatic heterocycles.